The van der Waals surface area contributed by atoms with Gasteiger partial charge in [-0.25, -0.2) is 4.79 Å². The number of hydrogen-bond donors (Lipinski definition) is 2. The topological polar surface area (TPSA) is 50.4 Å². The van der Waals surface area contributed by atoms with E-state index in [-0.39, 0.29) is 18.2 Å². The second kappa shape index (κ2) is 9.11. The Bertz CT molecular complexity index is 587. The fourth-order valence-electron chi connectivity index (χ4n) is 3.10. The number of carbonyl (C=O) groups is 1. The molecular formula is C19H28Cl2N2O2. The molecular weight excluding hydrogens is 359 g/mol. The molecule has 0 spiro atoms. The first-order valence-electron chi connectivity index (χ1n) is 8.91. The van der Waals surface area contributed by atoms with Crippen LogP contribution in [0, 0.1) is 0 Å². The minimum Gasteiger partial charge on any atom is -0.444 e. The van der Waals surface area contributed by atoms with Crippen molar-refractivity contribution in [1.82, 2.24) is 10.6 Å². The van der Waals surface area contributed by atoms with Crippen LogP contribution in [-0.2, 0) is 11.3 Å². The summed E-state index contributed by atoms with van der Waals surface area (Å²) < 4.78 is 5.41. The third-order valence-corrected chi connectivity index (χ3v) is 4.88. The van der Waals surface area contributed by atoms with Crippen LogP contribution in [0.25, 0.3) is 0 Å². The SMILES string of the molecule is CC(C)(C)OC(=O)NC1CCCCCC1NCc1cc(Cl)ccc1Cl. The monoisotopic (exact) mass is 386 g/mol. The lowest BCUT2D eigenvalue weighted by Gasteiger charge is -2.29. The maximum absolute atomic E-state index is 12.2. The summed E-state index contributed by atoms with van der Waals surface area (Å²) in [7, 11) is 0. The minimum absolute atomic E-state index is 0.0512. The van der Waals surface area contributed by atoms with Crippen LogP contribution in [-0.4, -0.2) is 23.8 Å². The first-order valence-corrected chi connectivity index (χ1v) is 9.67. The highest BCUT2D eigenvalue weighted by Crippen LogP contribution is 2.23. The summed E-state index contributed by atoms with van der Waals surface area (Å²) in [6.45, 7) is 6.24. The number of carbonyl (C=O) groups excluding carboxylic acids is 1. The van der Waals surface area contributed by atoms with Crippen LogP contribution >= 0.6 is 23.2 Å². The highest BCUT2D eigenvalue weighted by atomic mass is 35.5. The van der Waals surface area contributed by atoms with E-state index in [1.54, 1.807) is 6.07 Å². The van der Waals surface area contributed by atoms with Gasteiger partial charge < -0.3 is 15.4 Å². The van der Waals surface area contributed by atoms with Gasteiger partial charge in [0, 0.05) is 28.7 Å². The van der Waals surface area contributed by atoms with Crippen molar-refractivity contribution < 1.29 is 9.53 Å². The summed E-state index contributed by atoms with van der Waals surface area (Å²) in [5, 5.41) is 7.96. The zero-order chi connectivity index (χ0) is 18.4. The first-order chi connectivity index (χ1) is 11.7. The van der Waals surface area contributed by atoms with E-state index in [4.69, 9.17) is 27.9 Å². The second-order valence-electron chi connectivity index (χ2n) is 7.61. The molecule has 0 radical (unpaired) electrons. The maximum Gasteiger partial charge on any atom is 0.407 e. The number of rotatable bonds is 4. The summed E-state index contributed by atoms with van der Waals surface area (Å²) in [5.41, 5.74) is 0.473. The highest BCUT2D eigenvalue weighted by molar-refractivity contribution is 6.33. The van der Waals surface area contributed by atoms with E-state index in [0.29, 0.717) is 16.6 Å². The molecule has 6 heteroatoms. The van der Waals surface area contributed by atoms with Crippen LogP contribution in [0.1, 0.15) is 58.4 Å². The largest absolute Gasteiger partial charge is 0.444 e. The highest BCUT2D eigenvalue weighted by Gasteiger charge is 2.27. The Kier molecular flexibility index (Phi) is 7.41. The van der Waals surface area contributed by atoms with Crippen molar-refractivity contribution in [2.75, 3.05) is 0 Å². The molecule has 0 aromatic heterocycles. The Labute approximate surface area is 160 Å². The second-order valence-corrected chi connectivity index (χ2v) is 8.46. The van der Waals surface area contributed by atoms with Crippen molar-refractivity contribution >= 4 is 29.3 Å². The van der Waals surface area contributed by atoms with E-state index in [0.717, 1.165) is 31.2 Å². The summed E-state index contributed by atoms with van der Waals surface area (Å²) >= 11 is 12.3. The molecule has 1 amide bonds. The van der Waals surface area contributed by atoms with Crippen LogP contribution < -0.4 is 10.6 Å². The van der Waals surface area contributed by atoms with E-state index in [9.17, 15) is 4.79 Å². The molecule has 2 unspecified atom stereocenters. The quantitative estimate of drug-likeness (QED) is 0.689. The van der Waals surface area contributed by atoms with Crippen LogP contribution in [0.5, 0.6) is 0 Å². The van der Waals surface area contributed by atoms with Crippen LogP contribution in [0.3, 0.4) is 0 Å². The molecule has 1 aliphatic rings. The molecule has 1 saturated carbocycles. The van der Waals surface area contributed by atoms with E-state index < -0.39 is 5.60 Å². The van der Waals surface area contributed by atoms with Crippen molar-refractivity contribution in [3.8, 4) is 0 Å². The number of nitrogens with one attached hydrogen (secondary N) is 2. The molecule has 0 heterocycles. The number of hydrogen-bond acceptors (Lipinski definition) is 3. The molecule has 140 valence electrons. The molecule has 1 aromatic carbocycles. The van der Waals surface area contributed by atoms with Gasteiger partial charge in [0.25, 0.3) is 0 Å². The van der Waals surface area contributed by atoms with Gasteiger partial charge in [0.2, 0.25) is 0 Å². The molecule has 0 aliphatic heterocycles. The number of halogens is 2. The van der Waals surface area contributed by atoms with E-state index >= 15 is 0 Å². The molecule has 2 atom stereocenters. The van der Waals surface area contributed by atoms with Crippen LogP contribution in [0.2, 0.25) is 10.0 Å². The average Bonchev–Trinajstić information content (AvgIpc) is 2.71. The van der Waals surface area contributed by atoms with Crippen molar-refractivity contribution in [1.29, 1.82) is 0 Å². The lowest BCUT2D eigenvalue weighted by atomic mass is 10.0. The third-order valence-electron chi connectivity index (χ3n) is 4.28. The molecule has 0 bridgehead atoms. The van der Waals surface area contributed by atoms with Gasteiger partial charge in [0.15, 0.2) is 0 Å². The third kappa shape index (κ3) is 7.04. The van der Waals surface area contributed by atoms with E-state index in [2.05, 4.69) is 10.6 Å². The molecule has 2 N–H and O–H groups in total. The van der Waals surface area contributed by atoms with Crippen LogP contribution in [0.15, 0.2) is 18.2 Å². The lowest BCUT2D eigenvalue weighted by Crippen LogP contribution is -2.50. The Balaban J connectivity index is 1.99. The lowest BCUT2D eigenvalue weighted by molar-refractivity contribution is 0.0489. The van der Waals surface area contributed by atoms with Gasteiger partial charge in [0.05, 0.1) is 0 Å². The standard InChI is InChI=1S/C19H28Cl2N2O2/c1-19(2,3)25-18(24)23-17-8-6-4-5-7-16(17)22-12-13-11-14(20)9-10-15(13)21/h9-11,16-17,22H,4-8,12H2,1-3H3,(H,23,24). The van der Waals surface area contributed by atoms with Gasteiger partial charge >= 0.3 is 6.09 Å². The first kappa shape index (κ1) is 20.3. The molecule has 1 aliphatic carbocycles. The normalized spacial score (nSPS) is 21.5. The number of alkyl carbamates (subject to hydrolysis) is 1. The van der Waals surface area contributed by atoms with Gasteiger partial charge in [-0.05, 0) is 57.4 Å². The van der Waals surface area contributed by atoms with E-state index in [1.807, 2.05) is 32.9 Å². The zero-order valence-corrected chi connectivity index (χ0v) is 16.7. The summed E-state index contributed by atoms with van der Waals surface area (Å²) in [6.07, 6.45) is 5.04. The minimum atomic E-state index is -0.494. The van der Waals surface area contributed by atoms with Gasteiger partial charge in [-0.1, -0.05) is 42.5 Å². The van der Waals surface area contributed by atoms with Gasteiger partial charge in [-0.15, -0.1) is 0 Å². The molecule has 1 fully saturated rings. The zero-order valence-electron chi connectivity index (χ0n) is 15.2. The van der Waals surface area contributed by atoms with Crippen molar-refractivity contribution in [3.05, 3.63) is 33.8 Å². The fraction of sp³-hybridized carbons (Fsp3) is 0.632. The Morgan fingerprint density at radius 1 is 1.16 bits per heavy atom. The number of ether oxygens (including phenoxy) is 1. The maximum atomic E-state index is 12.2. The summed E-state index contributed by atoms with van der Waals surface area (Å²) in [5.74, 6) is 0. The predicted molar refractivity (Wildman–Crippen MR) is 103 cm³/mol. The summed E-state index contributed by atoms with van der Waals surface area (Å²) in [4.78, 5) is 12.2. The molecule has 1 aromatic rings. The van der Waals surface area contributed by atoms with Crippen molar-refractivity contribution in [3.63, 3.8) is 0 Å². The average molecular weight is 387 g/mol. The Hall–Kier alpha value is -0.970. The summed E-state index contributed by atoms with van der Waals surface area (Å²) in [6, 6.07) is 5.71. The smallest absolute Gasteiger partial charge is 0.407 e. The predicted octanol–water partition coefficient (Wildman–Crippen LogP) is 5.31. The van der Waals surface area contributed by atoms with Gasteiger partial charge in [-0.3, -0.25) is 0 Å². The fourth-order valence-corrected chi connectivity index (χ4v) is 3.48. The number of benzene rings is 1. The van der Waals surface area contributed by atoms with Gasteiger partial charge in [0.1, 0.15) is 5.60 Å². The molecule has 25 heavy (non-hydrogen) atoms. The molecule has 4 nitrogen and oxygen atoms in total. The van der Waals surface area contributed by atoms with E-state index in [1.165, 1.54) is 6.42 Å². The number of amides is 1. The Morgan fingerprint density at radius 2 is 1.84 bits per heavy atom. The van der Waals surface area contributed by atoms with Crippen molar-refractivity contribution in [2.45, 2.75) is 77.1 Å². The van der Waals surface area contributed by atoms with Crippen LogP contribution in [0.4, 0.5) is 4.79 Å². The Morgan fingerprint density at radius 3 is 2.52 bits per heavy atom. The molecule has 2 rings (SSSR count). The van der Waals surface area contributed by atoms with Gasteiger partial charge in [-0.2, -0.15) is 0 Å². The van der Waals surface area contributed by atoms with Crippen molar-refractivity contribution in [2.24, 2.45) is 0 Å². The molecule has 0 saturated heterocycles.